The summed E-state index contributed by atoms with van der Waals surface area (Å²) in [6.45, 7) is 4.99. The zero-order chi connectivity index (χ0) is 22.1. The van der Waals surface area contributed by atoms with E-state index in [-0.39, 0.29) is 5.91 Å². The monoisotopic (exact) mass is 425 g/mol. The van der Waals surface area contributed by atoms with Gasteiger partial charge in [-0.2, -0.15) is 0 Å². The first-order valence-corrected chi connectivity index (χ1v) is 11.4. The van der Waals surface area contributed by atoms with Crippen LogP contribution >= 0.6 is 0 Å². The van der Waals surface area contributed by atoms with Gasteiger partial charge in [-0.3, -0.25) is 9.78 Å². The van der Waals surface area contributed by atoms with E-state index in [1.165, 1.54) is 12.8 Å². The summed E-state index contributed by atoms with van der Waals surface area (Å²) in [5, 5.41) is 12.9. The molecule has 0 unspecified atom stereocenters. The van der Waals surface area contributed by atoms with E-state index < -0.39 is 0 Å². The number of nitrogens with zero attached hydrogens (tertiary/aromatic N) is 4. The summed E-state index contributed by atoms with van der Waals surface area (Å²) in [7, 11) is 0. The summed E-state index contributed by atoms with van der Waals surface area (Å²) in [5.41, 5.74) is 5.15. The van der Waals surface area contributed by atoms with Crippen LogP contribution in [0.15, 0.2) is 48.5 Å². The minimum absolute atomic E-state index is 0.123. The molecule has 32 heavy (non-hydrogen) atoms. The summed E-state index contributed by atoms with van der Waals surface area (Å²) in [6, 6.07) is 15.8. The van der Waals surface area contributed by atoms with Crippen LogP contribution in [-0.2, 0) is 19.4 Å². The number of anilines is 1. The Hall–Kier alpha value is -3.54. The smallest absolute Gasteiger partial charge is 0.257 e. The van der Waals surface area contributed by atoms with Crippen molar-refractivity contribution in [1.29, 1.82) is 0 Å². The number of fused-ring (bicyclic) bond motifs is 2. The molecule has 2 aromatic carbocycles. The summed E-state index contributed by atoms with van der Waals surface area (Å²) in [5.74, 6) is 1.85. The number of hydrogen-bond acceptors (Lipinski definition) is 4. The van der Waals surface area contributed by atoms with E-state index in [9.17, 15) is 4.79 Å². The van der Waals surface area contributed by atoms with Crippen LogP contribution in [0.1, 0.15) is 53.6 Å². The van der Waals surface area contributed by atoms with E-state index in [1.54, 1.807) is 0 Å². The van der Waals surface area contributed by atoms with Gasteiger partial charge in [0.1, 0.15) is 5.82 Å². The number of carbonyl (C=O) groups excluding carboxylic acids is 1. The third kappa shape index (κ3) is 3.66. The quantitative estimate of drug-likeness (QED) is 0.479. The SMILES string of the molecule is CCc1nc2ccccc2c(C)c1C(=O)Nc1ccc(-c2nnc3n2CCCCC3)cc1. The Morgan fingerprint density at radius 2 is 1.84 bits per heavy atom. The molecular formula is C26H27N5O. The van der Waals surface area contributed by atoms with E-state index in [1.807, 2.05) is 62.4 Å². The topological polar surface area (TPSA) is 72.7 Å². The van der Waals surface area contributed by atoms with Crippen LogP contribution in [0.25, 0.3) is 22.3 Å². The fourth-order valence-electron chi connectivity index (χ4n) is 4.59. The Balaban J connectivity index is 1.42. The van der Waals surface area contributed by atoms with Gasteiger partial charge in [0, 0.05) is 29.6 Å². The van der Waals surface area contributed by atoms with Crippen molar-refractivity contribution in [2.24, 2.45) is 0 Å². The Morgan fingerprint density at radius 1 is 1.03 bits per heavy atom. The number of rotatable bonds is 4. The molecule has 0 atom stereocenters. The van der Waals surface area contributed by atoms with Gasteiger partial charge in [0.2, 0.25) is 0 Å². The number of hydrogen-bond donors (Lipinski definition) is 1. The number of pyridine rings is 1. The lowest BCUT2D eigenvalue weighted by Crippen LogP contribution is -2.17. The van der Waals surface area contributed by atoms with Crippen LogP contribution < -0.4 is 5.32 Å². The number of amides is 1. The van der Waals surface area contributed by atoms with Gasteiger partial charge in [0.25, 0.3) is 5.91 Å². The molecule has 0 saturated heterocycles. The molecule has 6 nitrogen and oxygen atoms in total. The van der Waals surface area contributed by atoms with Gasteiger partial charge in [0.15, 0.2) is 5.82 Å². The molecule has 0 fully saturated rings. The second-order valence-corrected chi connectivity index (χ2v) is 8.36. The van der Waals surface area contributed by atoms with E-state index in [2.05, 4.69) is 20.1 Å². The first-order chi connectivity index (χ1) is 15.7. The highest BCUT2D eigenvalue weighted by Crippen LogP contribution is 2.26. The van der Waals surface area contributed by atoms with Crippen molar-refractivity contribution in [2.45, 2.75) is 52.5 Å². The second kappa shape index (κ2) is 8.54. The Kier molecular flexibility index (Phi) is 5.43. The minimum Gasteiger partial charge on any atom is -0.322 e. The molecule has 6 heteroatoms. The van der Waals surface area contributed by atoms with E-state index in [0.29, 0.717) is 12.0 Å². The molecule has 0 saturated carbocycles. The van der Waals surface area contributed by atoms with Gasteiger partial charge < -0.3 is 9.88 Å². The summed E-state index contributed by atoms with van der Waals surface area (Å²) < 4.78 is 2.23. The predicted molar refractivity (Wildman–Crippen MR) is 127 cm³/mol. The first kappa shape index (κ1) is 20.4. The minimum atomic E-state index is -0.123. The molecule has 0 radical (unpaired) electrons. The van der Waals surface area contributed by atoms with Crippen LogP contribution in [0, 0.1) is 6.92 Å². The third-order valence-electron chi connectivity index (χ3n) is 6.30. The molecule has 162 valence electrons. The summed E-state index contributed by atoms with van der Waals surface area (Å²) >= 11 is 0. The molecular weight excluding hydrogens is 398 g/mol. The molecule has 5 rings (SSSR count). The molecule has 2 aromatic heterocycles. The van der Waals surface area contributed by atoms with Gasteiger partial charge in [0.05, 0.1) is 16.8 Å². The number of nitrogens with one attached hydrogen (secondary N) is 1. The maximum Gasteiger partial charge on any atom is 0.257 e. The Bertz CT molecular complexity index is 1290. The van der Waals surface area contributed by atoms with Gasteiger partial charge in [-0.1, -0.05) is 31.5 Å². The van der Waals surface area contributed by atoms with Gasteiger partial charge in [-0.15, -0.1) is 10.2 Å². The molecule has 1 aliphatic rings. The van der Waals surface area contributed by atoms with Crippen LogP contribution in [0.4, 0.5) is 5.69 Å². The zero-order valence-electron chi connectivity index (χ0n) is 18.6. The van der Waals surface area contributed by atoms with Crippen LogP contribution in [-0.4, -0.2) is 25.7 Å². The molecule has 4 aromatic rings. The largest absolute Gasteiger partial charge is 0.322 e. The number of carbonyl (C=O) groups is 1. The van der Waals surface area contributed by atoms with E-state index in [4.69, 9.17) is 4.98 Å². The van der Waals surface area contributed by atoms with Crippen molar-refractivity contribution in [2.75, 3.05) is 5.32 Å². The first-order valence-electron chi connectivity index (χ1n) is 11.4. The molecule has 1 amide bonds. The second-order valence-electron chi connectivity index (χ2n) is 8.36. The van der Waals surface area contributed by atoms with Crippen molar-refractivity contribution < 1.29 is 4.79 Å². The van der Waals surface area contributed by atoms with E-state index >= 15 is 0 Å². The van der Waals surface area contributed by atoms with Crippen molar-refractivity contribution in [3.8, 4) is 11.4 Å². The van der Waals surface area contributed by atoms with Crippen LogP contribution in [0.5, 0.6) is 0 Å². The molecule has 3 heterocycles. The number of para-hydroxylation sites is 1. The maximum atomic E-state index is 13.2. The zero-order valence-corrected chi connectivity index (χ0v) is 18.6. The van der Waals surface area contributed by atoms with Gasteiger partial charge in [-0.25, -0.2) is 0 Å². The normalized spacial score (nSPS) is 13.6. The fourth-order valence-corrected chi connectivity index (χ4v) is 4.59. The highest BCUT2D eigenvalue weighted by atomic mass is 16.1. The average molecular weight is 426 g/mol. The summed E-state index contributed by atoms with van der Waals surface area (Å²) in [4.78, 5) is 18.0. The highest BCUT2D eigenvalue weighted by molar-refractivity contribution is 6.08. The molecule has 0 spiro atoms. The van der Waals surface area contributed by atoms with Crippen LogP contribution in [0.2, 0.25) is 0 Å². The predicted octanol–water partition coefficient (Wildman–Crippen LogP) is 5.34. The van der Waals surface area contributed by atoms with Crippen molar-refractivity contribution in [3.05, 3.63) is 71.2 Å². The summed E-state index contributed by atoms with van der Waals surface area (Å²) in [6.07, 6.45) is 5.25. The lowest BCUT2D eigenvalue weighted by molar-refractivity contribution is 0.102. The standard InChI is InChI=1S/C26H27N5O/c1-3-21-24(17(2)20-9-6-7-10-22(20)28-21)26(32)27-19-14-12-18(13-15-19)25-30-29-23-11-5-4-8-16-31(23)25/h6-7,9-10,12-15H,3-5,8,11,16H2,1-2H3,(H,27,32). The molecule has 1 aliphatic heterocycles. The Labute approximate surface area is 187 Å². The highest BCUT2D eigenvalue weighted by Gasteiger charge is 2.19. The lowest BCUT2D eigenvalue weighted by Gasteiger charge is -2.14. The number of aryl methyl sites for hydroxylation is 3. The fraction of sp³-hybridized carbons (Fsp3) is 0.308. The average Bonchev–Trinajstić information content (AvgIpc) is 3.07. The maximum absolute atomic E-state index is 13.2. The van der Waals surface area contributed by atoms with E-state index in [0.717, 1.165) is 64.4 Å². The number of aromatic nitrogens is 4. The third-order valence-corrected chi connectivity index (χ3v) is 6.30. The van der Waals surface area contributed by atoms with Gasteiger partial charge >= 0.3 is 0 Å². The van der Waals surface area contributed by atoms with Gasteiger partial charge in [-0.05, 0) is 62.1 Å². The van der Waals surface area contributed by atoms with Crippen molar-refractivity contribution in [3.63, 3.8) is 0 Å². The molecule has 0 bridgehead atoms. The van der Waals surface area contributed by atoms with Crippen LogP contribution in [0.3, 0.4) is 0 Å². The van der Waals surface area contributed by atoms with Crippen molar-refractivity contribution in [1.82, 2.24) is 19.7 Å². The number of benzene rings is 2. The molecule has 1 N–H and O–H groups in total. The Morgan fingerprint density at radius 3 is 2.66 bits per heavy atom. The van der Waals surface area contributed by atoms with Crippen molar-refractivity contribution >= 4 is 22.5 Å². The molecule has 0 aliphatic carbocycles. The lowest BCUT2D eigenvalue weighted by atomic mass is 9.99.